The Morgan fingerprint density at radius 1 is 0.962 bits per heavy atom. The van der Waals surface area contributed by atoms with Crippen molar-refractivity contribution in [1.82, 2.24) is 25.0 Å². The number of aromatic amines is 1. The second kappa shape index (κ2) is 25.1. The van der Waals surface area contributed by atoms with Gasteiger partial charge in [-0.25, -0.2) is 19.4 Å². The first-order valence-electron chi connectivity index (χ1n) is 17.8. The number of hydrogen-bond donors (Lipinski definition) is 5. The highest BCUT2D eigenvalue weighted by atomic mass is 31.2. The molecule has 0 saturated carbocycles. The summed E-state index contributed by atoms with van der Waals surface area (Å²) in [6.07, 6.45) is 27.8. The molecule has 16 heteroatoms. The predicted octanol–water partition coefficient (Wildman–Crippen LogP) is 4.59. The van der Waals surface area contributed by atoms with E-state index >= 15 is 4.39 Å². The fraction of sp³-hybridized carbons (Fsp3) is 0.514. The van der Waals surface area contributed by atoms with Gasteiger partial charge in [0.2, 0.25) is 5.91 Å². The van der Waals surface area contributed by atoms with E-state index in [-0.39, 0.29) is 25.4 Å². The van der Waals surface area contributed by atoms with Crippen molar-refractivity contribution >= 4 is 19.5 Å². The van der Waals surface area contributed by atoms with Crippen molar-refractivity contribution in [2.75, 3.05) is 33.4 Å². The standard InChI is InChI=1S/C37H55FN5O9P/c1-4-5-6-7-8-9-10-11-12-13-14-15-16-17-18-19-20-21-22-23-31(44)39-25-26-40-53(49,41-28-33(46)50-3)51-29-30-34(47)37(2,38)35(52-30)43-27-24-32(45)42-36(43)48/h5-6,8-9,11-12,14-15,17-18,20-21,24,27,30,34-35,47H,4,7,10,13,16,19,22-23,25-26,28-29H2,1-3H3,(H,39,44)(H2,40,41,49)(H,42,45,48)/b6-5-,9-8-,12-11-,15-14-,18-17-,21-20-/t30-,34-,35?,37-,53?/m1/s1. The molecule has 0 bridgehead atoms. The number of nitrogens with zero attached hydrogens (tertiary/aromatic N) is 1. The molecule has 0 spiro atoms. The average Bonchev–Trinajstić information content (AvgIpc) is 3.36. The fourth-order valence-electron chi connectivity index (χ4n) is 4.88. The van der Waals surface area contributed by atoms with Gasteiger partial charge in [0.05, 0.1) is 13.7 Å². The van der Waals surface area contributed by atoms with Gasteiger partial charge in [-0.15, -0.1) is 0 Å². The molecule has 0 radical (unpaired) electrons. The molecular weight excluding hydrogens is 708 g/mol. The highest BCUT2D eigenvalue weighted by Gasteiger charge is 2.55. The Morgan fingerprint density at radius 2 is 1.53 bits per heavy atom. The monoisotopic (exact) mass is 763 g/mol. The number of alkyl halides is 1. The number of rotatable bonds is 25. The van der Waals surface area contributed by atoms with Crippen LogP contribution in [0.2, 0.25) is 0 Å². The van der Waals surface area contributed by atoms with Crippen LogP contribution in [0.25, 0.3) is 0 Å². The molecule has 53 heavy (non-hydrogen) atoms. The third-order valence-corrected chi connectivity index (χ3v) is 9.53. The van der Waals surface area contributed by atoms with Crippen molar-refractivity contribution in [3.63, 3.8) is 0 Å². The Hall–Kier alpha value is -3.98. The Kier molecular flexibility index (Phi) is 21.4. The van der Waals surface area contributed by atoms with Crippen LogP contribution in [0.15, 0.2) is 94.8 Å². The fourth-order valence-corrected chi connectivity index (χ4v) is 6.27. The number of amides is 1. The molecule has 0 aromatic carbocycles. The first-order chi connectivity index (χ1) is 25.4. The number of aliphatic hydroxyl groups excluding tert-OH is 1. The zero-order valence-corrected chi connectivity index (χ0v) is 31.7. The topological polar surface area (TPSA) is 190 Å². The third-order valence-electron chi connectivity index (χ3n) is 7.80. The normalized spacial score (nSPS) is 21.9. The number of carbonyl (C=O) groups is 2. The first-order valence-corrected chi connectivity index (χ1v) is 19.4. The third kappa shape index (κ3) is 17.6. The zero-order chi connectivity index (χ0) is 39.0. The van der Waals surface area contributed by atoms with Crippen LogP contribution in [0.3, 0.4) is 0 Å². The van der Waals surface area contributed by atoms with E-state index in [1.54, 1.807) is 0 Å². The summed E-state index contributed by atoms with van der Waals surface area (Å²) in [4.78, 5) is 49.6. The summed E-state index contributed by atoms with van der Waals surface area (Å²) in [6, 6.07) is 0.996. The molecule has 1 aliphatic heterocycles. The number of esters is 1. The minimum Gasteiger partial charge on any atom is -0.468 e. The van der Waals surface area contributed by atoms with Crippen LogP contribution in [0, 0.1) is 0 Å². The van der Waals surface area contributed by atoms with Crippen LogP contribution in [0.4, 0.5) is 4.39 Å². The van der Waals surface area contributed by atoms with E-state index in [1.807, 2.05) is 17.1 Å². The Balaban J connectivity index is 1.70. The second-order valence-corrected chi connectivity index (χ2v) is 14.1. The van der Waals surface area contributed by atoms with Crippen LogP contribution in [-0.4, -0.2) is 77.8 Å². The molecule has 1 aromatic heterocycles. The van der Waals surface area contributed by atoms with Gasteiger partial charge in [0.1, 0.15) is 18.8 Å². The summed E-state index contributed by atoms with van der Waals surface area (Å²) in [6.45, 7) is 2.04. The lowest BCUT2D eigenvalue weighted by atomic mass is 9.98. The van der Waals surface area contributed by atoms with Crippen molar-refractivity contribution in [3.8, 4) is 0 Å². The van der Waals surface area contributed by atoms with Gasteiger partial charge >= 0.3 is 19.3 Å². The molecule has 1 aliphatic rings. The van der Waals surface area contributed by atoms with Gasteiger partial charge < -0.3 is 24.4 Å². The lowest BCUT2D eigenvalue weighted by molar-refractivity contribution is -0.139. The molecule has 2 heterocycles. The highest BCUT2D eigenvalue weighted by Crippen LogP contribution is 2.43. The maximum atomic E-state index is 15.5. The van der Waals surface area contributed by atoms with Crippen LogP contribution < -0.4 is 26.7 Å². The van der Waals surface area contributed by atoms with E-state index in [1.165, 1.54) is 0 Å². The van der Waals surface area contributed by atoms with Crippen molar-refractivity contribution in [3.05, 3.63) is 106 Å². The summed E-state index contributed by atoms with van der Waals surface area (Å²) in [5, 5.41) is 18.4. The van der Waals surface area contributed by atoms with Gasteiger partial charge in [0.15, 0.2) is 11.9 Å². The molecule has 2 unspecified atom stereocenters. The maximum absolute atomic E-state index is 15.5. The first kappa shape index (κ1) is 45.2. The summed E-state index contributed by atoms with van der Waals surface area (Å²) >= 11 is 0. The van der Waals surface area contributed by atoms with E-state index < -0.39 is 62.1 Å². The average molecular weight is 764 g/mol. The number of allylic oxidation sites excluding steroid dienone is 12. The molecule has 1 aromatic rings. The summed E-state index contributed by atoms with van der Waals surface area (Å²) in [7, 11) is -2.90. The van der Waals surface area contributed by atoms with Gasteiger partial charge in [0, 0.05) is 31.8 Å². The minimum absolute atomic E-state index is 0.0403. The lowest BCUT2D eigenvalue weighted by Crippen LogP contribution is -2.44. The smallest absolute Gasteiger partial charge is 0.341 e. The van der Waals surface area contributed by atoms with Crippen LogP contribution in [-0.2, 0) is 28.2 Å². The predicted molar refractivity (Wildman–Crippen MR) is 203 cm³/mol. The van der Waals surface area contributed by atoms with E-state index in [0.717, 1.165) is 69.4 Å². The number of H-pyrrole nitrogens is 1. The molecule has 2 rings (SSSR count). The summed E-state index contributed by atoms with van der Waals surface area (Å²) < 4.78 is 45.4. The summed E-state index contributed by atoms with van der Waals surface area (Å²) in [5.41, 5.74) is -4.15. The number of carbonyl (C=O) groups excluding carboxylic acids is 2. The molecule has 0 aliphatic carbocycles. The van der Waals surface area contributed by atoms with E-state index in [2.05, 4.69) is 87.9 Å². The van der Waals surface area contributed by atoms with E-state index in [0.29, 0.717) is 6.42 Å². The Bertz CT molecular complexity index is 1620. The number of hydrogen-bond acceptors (Lipinski definition) is 9. The largest absolute Gasteiger partial charge is 0.468 e. The molecule has 1 saturated heterocycles. The van der Waals surface area contributed by atoms with Gasteiger partial charge in [-0.2, -0.15) is 0 Å². The number of halogens is 1. The molecule has 14 nitrogen and oxygen atoms in total. The number of methoxy groups -OCH3 is 1. The van der Waals surface area contributed by atoms with Crippen LogP contribution >= 0.6 is 7.67 Å². The quantitative estimate of drug-likeness (QED) is 0.0405. The van der Waals surface area contributed by atoms with Crippen molar-refractivity contribution in [2.24, 2.45) is 0 Å². The summed E-state index contributed by atoms with van der Waals surface area (Å²) in [5.74, 6) is -0.970. The van der Waals surface area contributed by atoms with Gasteiger partial charge in [-0.1, -0.05) is 79.8 Å². The number of nitrogens with one attached hydrogen (secondary N) is 4. The van der Waals surface area contributed by atoms with Crippen LogP contribution in [0.5, 0.6) is 0 Å². The van der Waals surface area contributed by atoms with Crippen molar-refractivity contribution < 1.29 is 37.6 Å². The van der Waals surface area contributed by atoms with E-state index in [4.69, 9.17) is 9.26 Å². The van der Waals surface area contributed by atoms with Gasteiger partial charge in [0.25, 0.3) is 5.56 Å². The SMILES string of the molecule is CC/C=C\C/C=C\C/C=C\C/C=C\C/C=C\C/C=C\CCC(=O)NCCNP(=O)(NCC(=O)OC)OC[C@H]1OC(n2ccc(=O)[nH]c2=O)[C@](C)(F)[C@@H]1O. The van der Waals surface area contributed by atoms with Crippen LogP contribution in [0.1, 0.15) is 71.4 Å². The molecule has 5 atom stereocenters. The molecule has 1 fully saturated rings. The molecule has 1 amide bonds. The number of aliphatic hydroxyl groups is 1. The van der Waals surface area contributed by atoms with Crippen molar-refractivity contribution in [2.45, 2.75) is 89.3 Å². The number of ether oxygens (including phenoxy) is 2. The maximum Gasteiger partial charge on any atom is 0.341 e. The minimum atomic E-state index is -4.04. The second-order valence-electron chi connectivity index (χ2n) is 12.1. The Morgan fingerprint density at radius 3 is 2.08 bits per heavy atom. The molecular formula is C37H55FN5O9P. The van der Waals surface area contributed by atoms with Gasteiger partial charge in [-0.05, 0) is 51.9 Å². The number of aromatic nitrogens is 2. The molecule has 5 N–H and O–H groups in total. The van der Waals surface area contributed by atoms with Gasteiger partial charge in [-0.3, -0.25) is 28.5 Å². The zero-order valence-electron chi connectivity index (χ0n) is 30.8. The van der Waals surface area contributed by atoms with Crippen molar-refractivity contribution in [1.29, 1.82) is 0 Å². The highest BCUT2D eigenvalue weighted by molar-refractivity contribution is 7.54. The lowest BCUT2D eigenvalue weighted by Gasteiger charge is -2.25. The molecule has 294 valence electrons. The Labute approximate surface area is 310 Å². The van der Waals surface area contributed by atoms with E-state index in [9.17, 15) is 28.8 Å².